The molecule has 0 saturated carbocycles. The van der Waals surface area contributed by atoms with Crippen molar-refractivity contribution >= 4 is 89.7 Å². The summed E-state index contributed by atoms with van der Waals surface area (Å²) < 4.78 is 59.7. The van der Waals surface area contributed by atoms with E-state index in [0.717, 1.165) is 15.9 Å². The van der Waals surface area contributed by atoms with Crippen LogP contribution in [0.25, 0.3) is 0 Å². The number of nitrogens with zero attached hydrogens (tertiary/aromatic N) is 3. The number of carboxylic acids is 1. The minimum atomic E-state index is -4.78. The second kappa shape index (κ2) is 16.2. The predicted octanol–water partition coefficient (Wildman–Crippen LogP) is 8.88. The molecule has 1 aliphatic heterocycles. The third kappa shape index (κ3) is 7.91. The van der Waals surface area contributed by atoms with Gasteiger partial charge in [-0.25, -0.2) is 25.9 Å². The maximum atomic E-state index is 14.8. The Balaban J connectivity index is 1.47. The fraction of sp³-hybridized carbons (Fsp3) is 0.158. The zero-order chi connectivity index (χ0) is 38.8. The van der Waals surface area contributed by atoms with Crippen LogP contribution in [0.3, 0.4) is 0 Å². The number of halogens is 4. The summed E-state index contributed by atoms with van der Waals surface area (Å²) in [6.07, 6.45) is 1.40. The number of rotatable bonds is 12. The lowest BCUT2D eigenvalue weighted by molar-refractivity contribution is -0.138. The average Bonchev–Trinajstić information content (AvgIpc) is 3.65. The van der Waals surface area contributed by atoms with Gasteiger partial charge < -0.3 is 10.0 Å². The lowest BCUT2D eigenvalue weighted by Crippen LogP contribution is -2.43. The highest BCUT2D eigenvalue weighted by Crippen LogP contribution is 2.41. The lowest BCUT2D eigenvalue weighted by atomic mass is 10.0. The maximum Gasteiger partial charge on any atom is 0.332 e. The summed E-state index contributed by atoms with van der Waals surface area (Å²) in [5, 5.41) is 10.5. The largest absolute Gasteiger partial charge is 0.479 e. The van der Waals surface area contributed by atoms with Crippen LogP contribution in [-0.2, 0) is 29.6 Å². The quantitative estimate of drug-likeness (QED) is 0.133. The van der Waals surface area contributed by atoms with E-state index in [-0.39, 0.29) is 33.0 Å². The molecule has 2 unspecified atom stereocenters. The van der Waals surface area contributed by atoms with Gasteiger partial charge in [0.1, 0.15) is 16.3 Å². The first-order chi connectivity index (χ1) is 25.7. The van der Waals surface area contributed by atoms with E-state index in [4.69, 9.17) is 46.4 Å². The highest BCUT2D eigenvalue weighted by Gasteiger charge is 2.42. The van der Waals surface area contributed by atoms with E-state index >= 15 is 0 Å². The third-order valence-electron chi connectivity index (χ3n) is 8.93. The second-order valence-electron chi connectivity index (χ2n) is 12.3. The maximum absolute atomic E-state index is 14.8. The average molecular weight is 848 g/mol. The van der Waals surface area contributed by atoms with Gasteiger partial charge in [0.25, 0.3) is 20.0 Å². The molecule has 54 heavy (non-hydrogen) atoms. The van der Waals surface area contributed by atoms with Crippen LogP contribution in [0.15, 0.2) is 131 Å². The number of anilines is 2. The first-order valence-electron chi connectivity index (χ1n) is 16.4. The molecule has 1 N–H and O–H groups in total. The molecule has 5 aromatic carbocycles. The SMILES string of the molecule is O=C(O)C(c1cccc(S(=O)(=O)N(CC(=O)N2CCCC2c2ccccc2)c2ccc(Cl)cc2)c1Cl)N(c1ccc(Cl)cc1)S(=O)(=O)c1ccccc1Cl. The summed E-state index contributed by atoms with van der Waals surface area (Å²) in [4.78, 5) is 27.9. The van der Waals surface area contributed by atoms with Crippen LogP contribution in [0.2, 0.25) is 20.1 Å². The standard InChI is InChI=1S/C38H31Cl4N3O7S2/c39-26-15-19-28(20-16-26)44(24-35(46)43-23-7-12-32(43)25-8-2-1-3-9-25)53(49,50)34-14-6-10-30(36(34)42)37(38(47)48)45(29-21-17-27(40)18-22-29)54(51,52)33-13-5-4-11-31(33)41/h1-6,8-11,13-22,32,37H,7,12,23-24H2,(H,47,48). The predicted molar refractivity (Wildman–Crippen MR) is 211 cm³/mol. The molecule has 1 saturated heterocycles. The summed E-state index contributed by atoms with van der Waals surface area (Å²) in [6, 6.07) is 27.3. The smallest absolute Gasteiger partial charge is 0.332 e. The van der Waals surface area contributed by atoms with E-state index in [1.807, 2.05) is 30.3 Å². The van der Waals surface area contributed by atoms with Crippen molar-refractivity contribution in [2.75, 3.05) is 21.7 Å². The lowest BCUT2D eigenvalue weighted by Gasteiger charge is -2.32. The Hall–Kier alpha value is -4.30. The van der Waals surface area contributed by atoms with Gasteiger partial charge in [0.2, 0.25) is 5.91 Å². The number of aliphatic carboxylic acids is 1. The topological polar surface area (TPSA) is 132 Å². The van der Waals surface area contributed by atoms with Gasteiger partial charge >= 0.3 is 5.97 Å². The number of likely N-dealkylation sites (tertiary alicyclic amines) is 1. The number of benzene rings is 5. The molecule has 0 bridgehead atoms. The number of amides is 1. The summed E-state index contributed by atoms with van der Waals surface area (Å²) in [6.45, 7) is -0.224. The van der Waals surface area contributed by atoms with E-state index in [2.05, 4.69) is 0 Å². The fourth-order valence-corrected chi connectivity index (χ4v) is 10.8. The van der Waals surface area contributed by atoms with Crippen LogP contribution >= 0.6 is 46.4 Å². The molecule has 0 aromatic heterocycles. The molecule has 0 spiro atoms. The molecule has 5 aromatic rings. The molecule has 0 radical (unpaired) electrons. The van der Waals surface area contributed by atoms with Crippen LogP contribution in [0, 0.1) is 0 Å². The minimum Gasteiger partial charge on any atom is -0.479 e. The molecule has 1 aliphatic rings. The zero-order valence-electron chi connectivity index (χ0n) is 28.1. The zero-order valence-corrected chi connectivity index (χ0v) is 32.8. The molecule has 16 heteroatoms. The normalized spacial score (nSPS) is 15.1. The summed E-state index contributed by atoms with van der Waals surface area (Å²) >= 11 is 25.5. The number of carbonyl (C=O) groups is 2. The number of carboxylic acid groups (broad SMARTS) is 1. The van der Waals surface area contributed by atoms with E-state index in [0.29, 0.717) is 28.7 Å². The van der Waals surface area contributed by atoms with Gasteiger partial charge in [-0.2, -0.15) is 0 Å². The molecule has 1 heterocycles. The number of hydrogen-bond donors (Lipinski definition) is 1. The molecule has 1 fully saturated rings. The van der Waals surface area contributed by atoms with E-state index < -0.39 is 59.3 Å². The Kier molecular flexibility index (Phi) is 11.8. The van der Waals surface area contributed by atoms with Gasteiger partial charge in [-0.05, 0) is 85.1 Å². The Morgan fingerprint density at radius 3 is 1.89 bits per heavy atom. The highest BCUT2D eigenvalue weighted by molar-refractivity contribution is 7.93. The molecule has 0 aliphatic carbocycles. The van der Waals surface area contributed by atoms with Gasteiger partial charge in [-0.15, -0.1) is 0 Å². The van der Waals surface area contributed by atoms with Crippen LogP contribution in [0.1, 0.15) is 36.1 Å². The molecular formula is C38H31Cl4N3O7S2. The van der Waals surface area contributed by atoms with Crippen molar-refractivity contribution in [3.63, 3.8) is 0 Å². The molecule has 10 nitrogen and oxygen atoms in total. The van der Waals surface area contributed by atoms with Crippen LogP contribution in [0.4, 0.5) is 11.4 Å². The molecule has 6 rings (SSSR count). The van der Waals surface area contributed by atoms with Crippen LogP contribution in [0.5, 0.6) is 0 Å². The van der Waals surface area contributed by atoms with Gasteiger partial charge in [-0.1, -0.05) is 101 Å². The number of hydrogen-bond acceptors (Lipinski definition) is 6. The minimum absolute atomic E-state index is 0.0866. The Bertz CT molecular complexity index is 2400. The summed E-state index contributed by atoms with van der Waals surface area (Å²) in [7, 11) is -9.54. The van der Waals surface area contributed by atoms with Gasteiger partial charge in [0, 0.05) is 22.2 Å². The first-order valence-corrected chi connectivity index (χ1v) is 20.8. The molecule has 1 amide bonds. The first kappa shape index (κ1) is 39.4. The molecular weight excluding hydrogens is 816 g/mol. The Morgan fingerprint density at radius 1 is 0.704 bits per heavy atom. The highest BCUT2D eigenvalue weighted by atomic mass is 35.5. The van der Waals surface area contributed by atoms with E-state index in [9.17, 15) is 31.5 Å². The van der Waals surface area contributed by atoms with Crippen molar-refractivity contribution in [3.05, 3.63) is 153 Å². The number of carbonyl (C=O) groups excluding carboxylic acids is 1. The van der Waals surface area contributed by atoms with Crippen molar-refractivity contribution in [1.82, 2.24) is 4.90 Å². The molecule has 280 valence electrons. The monoisotopic (exact) mass is 845 g/mol. The summed E-state index contributed by atoms with van der Waals surface area (Å²) in [5.41, 5.74) is 0.505. The van der Waals surface area contributed by atoms with Gasteiger partial charge in [-0.3, -0.25) is 9.10 Å². The van der Waals surface area contributed by atoms with Crippen LogP contribution in [-0.4, -0.2) is 51.8 Å². The fourth-order valence-electron chi connectivity index (χ4n) is 6.41. The van der Waals surface area contributed by atoms with Gasteiger partial charge in [0.15, 0.2) is 6.04 Å². The molecule has 2 atom stereocenters. The Labute approximate surface area is 333 Å². The van der Waals surface area contributed by atoms with Crippen molar-refractivity contribution < 1.29 is 31.5 Å². The Morgan fingerprint density at radius 2 is 1.28 bits per heavy atom. The van der Waals surface area contributed by atoms with Crippen molar-refractivity contribution in [1.29, 1.82) is 0 Å². The van der Waals surface area contributed by atoms with E-state index in [1.54, 1.807) is 4.90 Å². The van der Waals surface area contributed by atoms with Crippen molar-refractivity contribution in [3.8, 4) is 0 Å². The third-order valence-corrected chi connectivity index (χ3v) is 14.1. The second-order valence-corrected chi connectivity index (χ2v) is 17.5. The van der Waals surface area contributed by atoms with Crippen molar-refractivity contribution in [2.45, 2.75) is 34.7 Å². The van der Waals surface area contributed by atoms with Crippen molar-refractivity contribution in [2.24, 2.45) is 0 Å². The number of sulfonamides is 2. The van der Waals surface area contributed by atoms with Crippen LogP contribution < -0.4 is 8.61 Å². The van der Waals surface area contributed by atoms with Gasteiger partial charge in [0.05, 0.1) is 27.5 Å². The summed E-state index contributed by atoms with van der Waals surface area (Å²) in [5.74, 6) is -2.15. The van der Waals surface area contributed by atoms with E-state index in [1.165, 1.54) is 84.9 Å².